The zero-order chi connectivity index (χ0) is 11.3. The molecule has 0 N–H and O–H groups in total. The molecule has 0 aliphatic rings. The van der Waals surface area contributed by atoms with Crippen LogP contribution in [-0.2, 0) is 16.1 Å². The molecule has 0 atom stereocenters. The van der Waals surface area contributed by atoms with Crippen LogP contribution in [0.4, 0.5) is 0 Å². The Labute approximate surface area is 94.4 Å². The lowest BCUT2D eigenvalue weighted by molar-refractivity contribution is -0.154. The van der Waals surface area contributed by atoms with Crippen molar-refractivity contribution in [2.45, 2.75) is 20.5 Å². The van der Waals surface area contributed by atoms with Crippen molar-refractivity contribution in [3.05, 3.63) is 30.1 Å². The van der Waals surface area contributed by atoms with Crippen LogP contribution in [0.15, 0.2) is 24.4 Å². The van der Waals surface area contributed by atoms with Crippen LogP contribution < -0.4 is 0 Å². The molecule has 15 heavy (non-hydrogen) atoms. The van der Waals surface area contributed by atoms with E-state index in [0.29, 0.717) is 0 Å². The molecule has 0 amide bonds. The van der Waals surface area contributed by atoms with E-state index in [1.165, 1.54) is 0 Å². The van der Waals surface area contributed by atoms with Crippen molar-refractivity contribution in [2.75, 3.05) is 5.88 Å². The molecule has 0 saturated heterocycles. The van der Waals surface area contributed by atoms with Crippen molar-refractivity contribution >= 4 is 17.6 Å². The lowest BCUT2D eigenvalue weighted by Gasteiger charge is -2.18. The van der Waals surface area contributed by atoms with Crippen molar-refractivity contribution < 1.29 is 9.53 Å². The van der Waals surface area contributed by atoms with Gasteiger partial charge in [0.1, 0.15) is 6.61 Å². The summed E-state index contributed by atoms with van der Waals surface area (Å²) in [6.07, 6.45) is 1.66. The highest BCUT2D eigenvalue weighted by Crippen LogP contribution is 2.19. The van der Waals surface area contributed by atoms with Crippen LogP contribution in [0, 0.1) is 5.41 Å². The van der Waals surface area contributed by atoms with Gasteiger partial charge in [-0.1, -0.05) is 6.07 Å². The van der Waals surface area contributed by atoms with Crippen molar-refractivity contribution in [1.82, 2.24) is 4.98 Å². The Kier molecular flexibility index (Phi) is 4.09. The third kappa shape index (κ3) is 3.51. The van der Waals surface area contributed by atoms with Crippen molar-refractivity contribution in [3.63, 3.8) is 0 Å². The number of nitrogens with zero attached hydrogens (tertiary/aromatic N) is 1. The van der Waals surface area contributed by atoms with E-state index in [1.807, 2.05) is 12.1 Å². The number of hydrogen-bond donors (Lipinski definition) is 0. The Morgan fingerprint density at radius 3 is 2.80 bits per heavy atom. The lowest BCUT2D eigenvalue weighted by atomic mass is 9.97. The maximum Gasteiger partial charge on any atom is 0.313 e. The molecule has 1 rings (SSSR count). The minimum absolute atomic E-state index is 0.194. The van der Waals surface area contributed by atoms with Gasteiger partial charge >= 0.3 is 5.97 Å². The molecule has 0 fully saturated rings. The molecule has 0 aliphatic carbocycles. The van der Waals surface area contributed by atoms with Gasteiger partial charge in [0.25, 0.3) is 0 Å². The number of ether oxygens (including phenoxy) is 1. The van der Waals surface area contributed by atoms with E-state index in [1.54, 1.807) is 26.1 Å². The summed E-state index contributed by atoms with van der Waals surface area (Å²) in [6.45, 7) is 3.70. The number of alkyl halides is 1. The standard InChI is InChI=1S/C11H14ClNO2/c1-11(2,8-12)10(14)15-7-9-5-3-4-6-13-9/h3-6H,7-8H2,1-2H3. The van der Waals surface area contributed by atoms with Crippen LogP contribution in [0.5, 0.6) is 0 Å². The normalized spacial score (nSPS) is 11.1. The number of esters is 1. The molecule has 0 unspecified atom stereocenters. The first kappa shape index (κ1) is 12.0. The average Bonchev–Trinajstić information content (AvgIpc) is 2.27. The zero-order valence-electron chi connectivity index (χ0n) is 8.87. The van der Waals surface area contributed by atoms with E-state index < -0.39 is 5.41 Å². The maximum absolute atomic E-state index is 11.5. The summed E-state index contributed by atoms with van der Waals surface area (Å²) in [5.74, 6) is -0.0585. The molecule has 1 aromatic rings. The third-order valence-corrected chi connectivity index (χ3v) is 2.63. The van der Waals surface area contributed by atoms with Crippen molar-refractivity contribution in [2.24, 2.45) is 5.41 Å². The van der Waals surface area contributed by atoms with E-state index in [2.05, 4.69) is 4.98 Å². The fraction of sp³-hybridized carbons (Fsp3) is 0.455. The number of pyridine rings is 1. The van der Waals surface area contributed by atoms with Crippen LogP contribution >= 0.6 is 11.6 Å². The third-order valence-electron chi connectivity index (χ3n) is 1.96. The highest BCUT2D eigenvalue weighted by Gasteiger charge is 2.28. The topological polar surface area (TPSA) is 39.2 Å². The van der Waals surface area contributed by atoms with Gasteiger partial charge in [-0.2, -0.15) is 0 Å². The molecule has 3 nitrogen and oxygen atoms in total. The Hall–Kier alpha value is -1.09. The first-order valence-corrected chi connectivity index (χ1v) is 5.23. The summed E-state index contributed by atoms with van der Waals surface area (Å²) in [4.78, 5) is 15.6. The van der Waals surface area contributed by atoms with Gasteiger partial charge in [-0.15, -0.1) is 11.6 Å². The minimum Gasteiger partial charge on any atom is -0.459 e. The number of carbonyl (C=O) groups excluding carboxylic acids is 1. The van der Waals surface area contributed by atoms with Gasteiger partial charge < -0.3 is 4.74 Å². The molecule has 0 bridgehead atoms. The summed E-state index contributed by atoms with van der Waals surface area (Å²) >= 11 is 5.65. The zero-order valence-corrected chi connectivity index (χ0v) is 9.62. The molecule has 0 aromatic carbocycles. The van der Waals surface area contributed by atoms with Gasteiger partial charge in [0.05, 0.1) is 11.1 Å². The van der Waals surface area contributed by atoms with Gasteiger partial charge in [-0.05, 0) is 26.0 Å². The summed E-state index contributed by atoms with van der Waals surface area (Å²) < 4.78 is 5.10. The number of hydrogen-bond acceptors (Lipinski definition) is 3. The second kappa shape index (κ2) is 5.12. The van der Waals surface area contributed by atoms with Gasteiger partial charge in [0, 0.05) is 12.1 Å². The van der Waals surface area contributed by atoms with E-state index in [-0.39, 0.29) is 18.5 Å². The van der Waals surface area contributed by atoms with Gasteiger partial charge in [-0.3, -0.25) is 9.78 Å². The second-order valence-corrected chi connectivity index (χ2v) is 4.18. The van der Waals surface area contributed by atoms with Crippen LogP contribution in [0.25, 0.3) is 0 Å². The van der Waals surface area contributed by atoms with Crippen LogP contribution in [0.3, 0.4) is 0 Å². The average molecular weight is 228 g/mol. The van der Waals surface area contributed by atoms with Crippen molar-refractivity contribution in [3.8, 4) is 0 Å². The molecule has 82 valence electrons. The molecule has 0 radical (unpaired) electrons. The minimum atomic E-state index is -0.643. The van der Waals surface area contributed by atoms with E-state index in [0.717, 1.165) is 5.69 Å². The second-order valence-electron chi connectivity index (χ2n) is 3.91. The predicted octanol–water partition coefficient (Wildman–Crippen LogP) is 2.39. The van der Waals surface area contributed by atoms with E-state index in [9.17, 15) is 4.79 Å². The number of rotatable bonds is 4. The molecule has 0 aliphatic heterocycles. The molecule has 4 heteroatoms. The molecular weight excluding hydrogens is 214 g/mol. The maximum atomic E-state index is 11.5. The molecule has 1 heterocycles. The van der Waals surface area contributed by atoms with Crippen LogP contribution in [-0.4, -0.2) is 16.8 Å². The first-order chi connectivity index (χ1) is 7.06. The Bertz CT molecular complexity index is 325. The smallest absolute Gasteiger partial charge is 0.313 e. The van der Waals surface area contributed by atoms with E-state index >= 15 is 0 Å². The summed E-state index contributed by atoms with van der Waals surface area (Å²) in [5, 5.41) is 0. The van der Waals surface area contributed by atoms with Gasteiger partial charge in [-0.25, -0.2) is 0 Å². The van der Waals surface area contributed by atoms with Crippen LogP contribution in [0.2, 0.25) is 0 Å². The molecule has 1 aromatic heterocycles. The van der Waals surface area contributed by atoms with Crippen LogP contribution in [0.1, 0.15) is 19.5 Å². The Morgan fingerprint density at radius 1 is 1.53 bits per heavy atom. The molecule has 0 saturated carbocycles. The molecule has 0 spiro atoms. The quantitative estimate of drug-likeness (QED) is 0.586. The number of halogens is 1. The van der Waals surface area contributed by atoms with E-state index in [4.69, 9.17) is 16.3 Å². The van der Waals surface area contributed by atoms with Gasteiger partial charge in [0.15, 0.2) is 0 Å². The number of aromatic nitrogens is 1. The number of carbonyl (C=O) groups is 1. The summed E-state index contributed by atoms with van der Waals surface area (Å²) in [7, 11) is 0. The highest BCUT2D eigenvalue weighted by atomic mass is 35.5. The summed E-state index contributed by atoms with van der Waals surface area (Å²) in [6, 6.07) is 5.47. The fourth-order valence-electron chi connectivity index (χ4n) is 0.873. The van der Waals surface area contributed by atoms with Gasteiger partial charge in [0.2, 0.25) is 0 Å². The highest BCUT2D eigenvalue weighted by molar-refractivity contribution is 6.19. The monoisotopic (exact) mass is 227 g/mol. The first-order valence-electron chi connectivity index (χ1n) is 4.69. The Morgan fingerprint density at radius 2 is 2.27 bits per heavy atom. The Balaban J connectivity index is 2.48. The SMILES string of the molecule is CC(C)(CCl)C(=O)OCc1ccccn1. The molecular formula is C11H14ClNO2. The van der Waals surface area contributed by atoms with Crippen molar-refractivity contribution in [1.29, 1.82) is 0 Å². The summed E-state index contributed by atoms with van der Waals surface area (Å²) in [5.41, 5.74) is 0.0901. The fourth-order valence-corrected chi connectivity index (χ4v) is 0.982. The predicted molar refractivity (Wildman–Crippen MR) is 58.5 cm³/mol. The lowest BCUT2D eigenvalue weighted by Crippen LogP contribution is -2.28. The largest absolute Gasteiger partial charge is 0.459 e.